The third kappa shape index (κ3) is 12.2. The van der Waals surface area contributed by atoms with Crippen molar-refractivity contribution in [1.29, 1.82) is 0 Å². The Kier molecular flexibility index (Phi) is 2.78. The SMILES string of the molecule is O=C([Se])[Te]. The maximum atomic E-state index is 9.39. The average molecular weight is 235 g/mol. The van der Waals surface area contributed by atoms with E-state index in [9.17, 15) is 4.79 Å². The predicted octanol–water partition coefficient (Wildman–Crippen LogP) is -0.557. The summed E-state index contributed by atoms with van der Waals surface area (Å²) in [6.45, 7) is 0. The summed E-state index contributed by atoms with van der Waals surface area (Å²) in [6.07, 6.45) is 0. The molecule has 0 amide bonds. The summed E-state index contributed by atoms with van der Waals surface area (Å²) in [5.74, 6) is 0. The van der Waals surface area contributed by atoms with Crippen LogP contribution in [0.1, 0.15) is 0 Å². The van der Waals surface area contributed by atoms with Crippen LogP contribution in [0.25, 0.3) is 0 Å². The Labute approximate surface area is 45.9 Å². The van der Waals surface area contributed by atoms with E-state index in [4.69, 9.17) is 0 Å². The van der Waals surface area contributed by atoms with E-state index in [-0.39, 0.29) is 2.73 Å². The Bertz CT molecular complexity index is 31.0. The molecule has 0 N–H and O–H groups in total. The van der Waals surface area contributed by atoms with Gasteiger partial charge in [0, 0.05) is 0 Å². The molecule has 4 heavy (non-hydrogen) atoms. The third-order valence-corrected chi connectivity index (χ3v) is 0. The monoisotopic (exact) mass is 238 g/mol. The summed E-state index contributed by atoms with van der Waals surface area (Å²) >= 11 is 3.68. The van der Waals surface area contributed by atoms with Crippen molar-refractivity contribution in [1.82, 2.24) is 0 Å². The molecule has 0 aromatic carbocycles. The van der Waals surface area contributed by atoms with E-state index in [0.29, 0.717) is 0 Å². The van der Waals surface area contributed by atoms with Gasteiger partial charge < -0.3 is 0 Å². The van der Waals surface area contributed by atoms with Crippen LogP contribution in [0, 0.1) is 0 Å². The molecule has 0 aliphatic carbocycles. The van der Waals surface area contributed by atoms with Gasteiger partial charge in [0.25, 0.3) is 0 Å². The Morgan fingerprint density at radius 1 is 2.00 bits per heavy atom. The zero-order valence-electron chi connectivity index (χ0n) is 1.72. The predicted molar refractivity (Wildman–Crippen MR) is 16.9 cm³/mol. The molecule has 0 spiro atoms. The summed E-state index contributed by atoms with van der Waals surface area (Å²) in [6, 6.07) is 0. The van der Waals surface area contributed by atoms with Crippen LogP contribution in [0.4, 0.5) is 4.79 Å². The Balaban J connectivity index is 2.80. The zero-order valence-corrected chi connectivity index (χ0v) is 5.77. The van der Waals surface area contributed by atoms with Crippen molar-refractivity contribution in [3.63, 3.8) is 0 Å². The van der Waals surface area contributed by atoms with Gasteiger partial charge >= 0.3 is 45.8 Å². The first-order chi connectivity index (χ1) is 1.73. The van der Waals surface area contributed by atoms with Crippen molar-refractivity contribution in [2.24, 2.45) is 0 Å². The summed E-state index contributed by atoms with van der Waals surface area (Å²) < 4.78 is 0.0517. The van der Waals surface area contributed by atoms with E-state index in [2.05, 4.69) is 16.0 Å². The van der Waals surface area contributed by atoms with Crippen LogP contribution in [-0.2, 0) is 0 Å². The van der Waals surface area contributed by atoms with Crippen LogP contribution in [0.5, 0.6) is 0 Å². The minimum atomic E-state index is 0.0517. The molecule has 0 rings (SSSR count). The zero-order chi connectivity index (χ0) is 3.58. The first kappa shape index (κ1) is 4.98. The number of carbonyl (C=O) groups excluding carboxylic acids is 1. The Morgan fingerprint density at radius 2 is 2.00 bits per heavy atom. The maximum absolute atomic E-state index is 9.39. The van der Waals surface area contributed by atoms with E-state index < -0.39 is 0 Å². The van der Waals surface area contributed by atoms with Crippen LogP contribution < -0.4 is 0 Å². The van der Waals surface area contributed by atoms with Crippen molar-refractivity contribution in [3.8, 4) is 0 Å². The van der Waals surface area contributed by atoms with Gasteiger partial charge in [-0.1, -0.05) is 0 Å². The summed E-state index contributed by atoms with van der Waals surface area (Å²) in [7, 11) is 0. The Hall–Kier alpha value is 0.979. The number of hydrogen-bond donors (Lipinski definition) is 0. The van der Waals surface area contributed by atoms with Gasteiger partial charge in [-0.15, -0.1) is 0 Å². The van der Waals surface area contributed by atoms with Crippen molar-refractivity contribution in [2.45, 2.75) is 0 Å². The minimum absolute atomic E-state index is 0.0517. The molecule has 0 aromatic rings. The standard InChI is InChI=1S/COSeTe/c2-1(3)4. The van der Waals surface area contributed by atoms with E-state index in [1.54, 1.807) is 0 Å². The van der Waals surface area contributed by atoms with Gasteiger partial charge in [0.05, 0.1) is 0 Å². The average Bonchev–Trinajstić information content (AvgIpc) is 0.811. The fourth-order valence-electron chi connectivity index (χ4n) is 0. The van der Waals surface area contributed by atoms with Crippen molar-refractivity contribution in [3.05, 3.63) is 0 Å². The Morgan fingerprint density at radius 3 is 2.00 bits per heavy atom. The van der Waals surface area contributed by atoms with Crippen LogP contribution in [0.15, 0.2) is 0 Å². The van der Waals surface area contributed by atoms with Gasteiger partial charge in [-0.05, 0) is 0 Å². The molecular weight excluding hydrogens is 235 g/mol. The summed E-state index contributed by atoms with van der Waals surface area (Å²) in [4.78, 5) is 9.39. The van der Waals surface area contributed by atoms with Gasteiger partial charge in [-0.25, -0.2) is 0 Å². The molecule has 2 radical (unpaired) electrons. The quantitative estimate of drug-likeness (QED) is 0.514. The second-order valence-electron chi connectivity index (χ2n) is 0.250. The number of carbonyl (C=O) groups is 1. The molecule has 0 bridgehead atoms. The summed E-state index contributed by atoms with van der Waals surface area (Å²) in [5, 5.41) is 0. The van der Waals surface area contributed by atoms with Crippen molar-refractivity contribution < 1.29 is 4.79 Å². The molecule has 0 fully saturated rings. The van der Waals surface area contributed by atoms with Crippen molar-refractivity contribution in [2.75, 3.05) is 0 Å². The van der Waals surface area contributed by atoms with Crippen LogP contribution in [0.3, 0.4) is 0 Å². The van der Waals surface area contributed by atoms with E-state index >= 15 is 0 Å². The van der Waals surface area contributed by atoms with Crippen LogP contribution >= 0.6 is 0 Å². The number of hydrogen-bond acceptors (Lipinski definition) is 1. The fourth-order valence-corrected chi connectivity index (χ4v) is 0. The second kappa shape index (κ2) is 2.23. The molecule has 0 aliphatic heterocycles. The third-order valence-electron chi connectivity index (χ3n) is 0. The van der Waals surface area contributed by atoms with Gasteiger partial charge in [0.15, 0.2) is 0 Å². The van der Waals surface area contributed by atoms with Crippen LogP contribution in [-0.4, -0.2) is 41.0 Å². The van der Waals surface area contributed by atoms with Gasteiger partial charge in [-0.2, -0.15) is 0 Å². The molecular formula is COSeTe. The fraction of sp³-hybridized carbons (Fsp3) is 0. The molecule has 3 heteroatoms. The second-order valence-corrected chi connectivity index (χ2v) is 3.90. The molecule has 0 aromatic heterocycles. The molecule has 0 atom stereocenters. The van der Waals surface area contributed by atoms with E-state index in [0.717, 1.165) is 0 Å². The number of rotatable bonds is 0. The molecule has 0 unspecified atom stereocenters. The van der Waals surface area contributed by atoms with Crippen molar-refractivity contribution >= 4 is 41.0 Å². The van der Waals surface area contributed by atoms with E-state index in [1.807, 2.05) is 0 Å². The van der Waals surface area contributed by atoms with Gasteiger partial charge in [0.1, 0.15) is 0 Å². The molecule has 0 aliphatic rings. The van der Waals surface area contributed by atoms with Gasteiger partial charge in [0.2, 0.25) is 0 Å². The van der Waals surface area contributed by atoms with E-state index in [1.165, 1.54) is 22.3 Å². The molecule has 0 heterocycles. The molecule has 0 saturated heterocycles. The topological polar surface area (TPSA) is 17.1 Å². The first-order valence-corrected chi connectivity index (χ1v) is 2.63. The summed E-state index contributed by atoms with van der Waals surface area (Å²) in [5.41, 5.74) is 0. The van der Waals surface area contributed by atoms with Gasteiger partial charge in [-0.3, -0.25) is 0 Å². The van der Waals surface area contributed by atoms with Crippen LogP contribution in [0.2, 0.25) is 0 Å². The molecule has 1 nitrogen and oxygen atoms in total. The first-order valence-electron chi connectivity index (χ1n) is 0.612. The normalized spacial score (nSPS) is 6.00. The molecule has 0 saturated carbocycles. The molecule has 22 valence electrons.